The van der Waals surface area contributed by atoms with Gasteiger partial charge >= 0.3 is 0 Å². The molecule has 0 aliphatic heterocycles. The molecule has 0 amide bonds. The van der Waals surface area contributed by atoms with Crippen molar-refractivity contribution < 1.29 is 10.2 Å². The van der Waals surface area contributed by atoms with E-state index in [1.54, 1.807) is 0 Å². The second-order valence-corrected chi connectivity index (χ2v) is 12.9. The lowest BCUT2D eigenvalue weighted by atomic mass is 9.58. The summed E-state index contributed by atoms with van der Waals surface area (Å²) in [6.07, 6.45) is 10.7. The van der Waals surface area contributed by atoms with Gasteiger partial charge in [0.05, 0.1) is 11.2 Å². The molecule has 0 saturated heterocycles. The highest BCUT2D eigenvalue weighted by atomic mass is 16.3. The van der Waals surface area contributed by atoms with Gasteiger partial charge in [-0.25, -0.2) is 0 Å². The van der Waals surface area contributed by atoms with E-state index < -0.39 is 11.2 Å². The molecule has 2 heteroatoms. The number of hydrogen-bond donors (Lipinski definition) is 2. The fourth-order valence-electron chi connectivity index (χ4n) is 8.78. The molecule has 0 radical (unpaired) electrons. The quantitative estimate of drug-likeness (QED) is 0.527. The van der Waals surface area contributed by atoms with Crippen LogP contribution in [0.5, 0.6) is 0 Å². The summed E-state index contributed by atoms with van der Waals surface area (Å²) in [5, 5.41) is 23.5. The summed E-state index contributed by atoms with van der Waals surface area (Å²) in [5.41, 5.74) is 0.184. The van der Waals surface area contributed by atoms with Crippen LogP contribution in [0.25, 0.3) is 0 Å². The predicted octanol–water partition coefficient (Wildman–Crippen LogP) is 6.26. The maximum atomic E-state index is 11.8. The Morgan fingerprint density at radius 3 is 1.39 bits per heavy atom. The molecule has 160 valence electrons. The minimum Gasteiger partial charge on any atom is -0.389 e. The molecule has 4 saturated carbocycles. The third-order valence-corrected chi connectivity index (χ3v) is 11.3. The zero-order valence-corrected chi connectivity index (χ0v) is 19.3. The standard InChI is InChI=1S/C26H44O2/c1-18(8-14-25(27)21(2,3)19-10-12-23(25,6)16-19)9-15-26(28)22(4,5)20-11-13-24(26,7)17-20/h19-20,27-28H,1,8-17H2,2-7H3/t19-,20-,23+,24+,25+,26+/m0/s1. The molecule has 4 rings (SSSR count). The van der Waals surface area contributed by atoms with Gasteiger partial charge in [-0.3, -0.25) is 0 Å². The van der Waals surface area contributed by atoms with E-state index >= 15 is 0 Å². The monoisotopic (exact) mass is 388 g/mol. The van der Waals surface area contributed by atoms with Gasteiger partial charge in [-0.05, 0) is 97.7 Å². The van der Waals surface area contributed by atoms with Gasteiger partial charge in [0.25, 0.3) is 0 Å². The lowest BCUT2D eigenvalue weighted by Gasteiger charge is -2.52. The van der Waals surface area contributed by atoms with Gasteiger partial charge < -0.3 is 10.2 Å². The van der Waals surface area contributed by atoms with Gasteiger partial charge in [-0.2, -0.15) is 0 Å². The van der Waals surface area contributed by atoms with Crippen molar-refractivity contribution in [2.75, 3.05) is 0 Å². The molecule has 4 aliphatic carbocycles. The zero-order valence-electron chi connectivity index (χ0n) is 19.3. The maximum Gasteiger partial charge on any atom is 0.0757 e. The van der Waals surface area contributed by atoms with E-state index in [2.05, 4.69) is 48.1 Å². The first-order valence-electron chi connectivity index (χ1n) is 11.8. The van der Waals surface area contributed by atoms with Gasteiger partial charge in [0, 0.05) is 0 Å². The Bertz CT molecular complexity index is 608. The Labute approximate surface area is 173 Å². The molecule has 6 atom stereocenters. The van der Waals surface area contributed by atoms with Gasteiger partial charge in [0.2, 0.25) is 0 Å². The van der Waals surface area contributed by atoms with Crippen LogP contribution in [0.15, 0.2) is 12.2 Å². The molecule has 0 spiro atoms. The highest BCUT2D eigenvalue weighted by Gasteiger charge is 2.69. The van der Waals surface area contributed by atoms with Crippen LogP contribution in [0.2, 0.25) is 0 Å². The molecular weight excluding hydrogens is 344 g/mol. The van der Waals surface area contributed by atoms with Gasteiger partial charge in [0.1, 0.15) is 0 Å². The lowest BCUT2D eigenvalue weighted by Crippen LogP contribution is -2.54. The van der Waals surface area contributed by atoms with Crippen LogP contribution in [0.3, 0.4) is 0 Å². The van der Waals surface area contributed by atoms with Crippen molar-refractivity contribution >= 4 is 0 Å². The van der Waals surface area contributed by atoms with Crippen LogP contribution in [-0.2, 0) is 0 Å². The van der Waals surface area contributed by atoms with E-state index in [1.807, 2.05) is 0 Å². The van der Waals surface area contributed by atoms with Crippen molar-refractivity contribution in [3.05, 3.63) is 12.2 Å². The summed E-state index contributed by atoms with van der Waals surface area (Å²) < 4.78 is 0. The van der Waals surface area contributed by atoms with Crippen LogP contribution in [0.4, 0.5) is 0 Å². The van der Waals surface area contributed by atoms with Crippen molar-refractivity contribution in [3.63, 3.8) is 0 Å². The van der Waals surface area contributed by atoms with Crippen LogP contribution in [0.1, 0.15) is 106 Å². The molecular formula is C26H44O2. The summed E-state index contributed by atoms with van der Waals surface area (Å²) in [7, 11) is 0. The number of hydrogen-bond acceptors (Lipinski definition) is 2. The molecule has 0 aromatic rings. The van der Waals surface area contributed by atoms with E-state index in [4.69, 9.17) is 0 Å². The number of rotatable bonds is 6. The fourth-order valence-corrected chi connectivity index (χ4v) is 8.78. The first kappa shape index (κ1) is 20.9. The molecule has 0 aromatic carbocycles. The number of fused-ring (bicyclic) bond motifs is 4. The lowest BCUT2D eigenvalue weighted by molar-refractivity contribution is -0.150. The Morgan fingerprint density at radius 2 is 1.11 bits per heavy atom. The summed E-state index contributed by atoms with van der Waals surface area (Å²) in [6.45, 7) is 18.1. The van der Waals surface area contributed by atoms with E-state index in [0.29, 0.717) is 11.8 Å². The van der Waals surface area contributed by atoms with Crippen molar-refractivity contribution in [1.29, 1.82) is 0 Å². The normalized spacial score (nSPS) is 50.4. The van der Waals surface area contributed by atoms with E-state index in [9.17, 15) is 10.2 Å². The molecule has 2 N–H and O–H groups in total. The van der Waals surface area contributed by atoms with Crippen LogP contribution in [-0.4, -0.2) is 21.4 Å². The molecule has 0 heterocycles. The summed E-state index contributed by atoms with van der Waals surface area (Å²) in [6, 6.07) is 0. The van der Waals surface area contributed by atoms with Crippen molar-refractivity contribution in [2.45, 2.75) is 117 Å². The molecule has 2 nitrogen and oxygen atoms in total. The average Bonchev–Trinajstić information content (AvgIpc) is 3.27. The van der Waals surface area contributed by atoms with Crippen molar-refractivity contribution in [2.24, 2.45) is 33.5 Å². The molecule has 0 aromatic heterocycles. The first-order chi connectivity index (χ1) is 12.7. The van der Waals surface area contributed by atoms with Gasteiger partial charge in [-0.15, -0.1) is 0 Å². The topological polar surface area (TPSA) is 40.5 Å². The van der Waals surface area contributed by atoms with E-state index in [-0.39, 0.29) is 21.7 Å². The third kappa shape index (κ3) is 2.34. The molecule has 4 fully saturated rings. The molecule has 0 unspecified atom stereocenters. The Morgan fingerprint density at radius 1 is 0.750 bits per heavy atom. The first-order valence-corrected chi connectivity index (χ1v) is 11.8. The van der Waals surface area contributed by atoms with Crippen molar-refractivity contribution in [3.8, 4) is 0 Å². The Kier molecular flexibility index (Phi) is 4.39. The SMILES string of the molecule is C=C(CC[C@@]1(O)C(C)(C)[C@H]2CC[C@]1(C)C2)CC[C@@]1(O)C(C)(C)[C@H]2CC[C@]1(C)C2. The second kappa shape index (κ2) is 5.88. The number of aliphatic hydroxyl groups is 2. The largest absolute Gasteiger partial charge is 0.389 e. The average molecular weight is 389 g/mol. The minimum atomic E-state index is -0.583. The predicted molar refractivity (Wildman–Crippen MR) is 116 cm³/mol. The zero-order chi connectivity index (χ0) is 20.8. The Hall–Kier alpha value is -0.340. The molecule has 4 aliphatic rings. The van der Waals surface area contributed by atoms with Crippen LogP contribution in [0, 0.1) is 33.5 Å². The fraction of sp³-hybridized carbons (Fsp3) is 0.923. The summed E-state index contributed by atoms with van der Waals surface area (Å²) >= 11 is 0. The van der Waals surface area contributed by atoms with Gasteiger partial charge in [0.15, 0.2) is 0 Å². The number of allylic oxidation sites excluding steroid dienone is 1. The van der Waals surface area contributed by atoms with Crippen LogP contribution >= 0.6 is 0 Å². The third-order valence-electron chi connectivity index (χ3n) is 11.3. The summed E-state index contributed by atoms with van der Waals surface area (Å²) in [4.78, 5) is 0. The molecule has 28 heavy (non-hydrogen) atoms. The van der Waals surface area contributed by atoms with Crippen molar-refractivity contribution in [1.82, 2.24) is 0 Å². The van der Waals surface area contributed by atoms with E-state index in [1.165, 1.54) is 31.3 Å². The Balaban J connectivity index is 1.40. The highest BCUT2D eigenvalue weighted by Crippen LogP contribution is 2.70. The van der Waals surface area contributed by atoms with Gasteiger partial charge in [-0.1, -0.05) is 53.7 Å². The minimum absolute atomic E-state index is 0.00144. The highest BCUT2D eigenvalue weighted by molar-refractivity contribution is 5.21. The maximum absolute atomic E-state index is 11.8. The van der Waals surface area contributed by atoms with Crippen LogP contribution < -0.4 is 0 Å². The smallest absolute Gasteiger partial charge is 0.0757 e. The molecule has 4 bridgehead atoms. The summed E-state index contributed by atoms with van der Waals surface area (Å²) in [5.74, 6) is 1.32. The van der Waals surface area contributed by atoms with E-state index in [0.717, 1.165) is 38.5 Å². The second-order valence-electron chi connectivity index (χ2n) is 12.9.